The molecule has 0 spiro atoms. The third-order valence-electron chi connectivity index (χ3n) is 4.79. The molecule has 0 aromatic heterocycles. The van der Waals surface area contributed by atoms with E-state index in [0.717, 1.165) is 0 Å². The van der Waals surface area contributed by atoms with E-state index in [4.69, 9.17) is 21.1 Å². The Morgan fingerprint density at radius 2 is 2.04 bits per heavy atom. The number of anilines is 1. The summed E-state index contributed by atoms with van der Waals surface area (Å²) in [5, 5.41) is 10.3. The number of nitrogens with zero attached hydrogens (tertiary/aromatic N) is 1. The van der Waals surface area contributed by atoms with E-state index in [1.165, 1.54) is 18.1 Å². The van der Waals surface area contributed by atoms with Crippen LogP contribution in [0.15, 0.2) is 53.7 Å². The number of hydrogen-bond acceptors (Lipinski definition) is 5. The molecule has 138 valence electrons. The topological polar surface area (TPSA) is 76.1 Å². The number of benzene rings is 2. The number of carbonyl (C=O) groups is 2. The number of methoxy groups -OCH3 is 1. The molecule has 4 rings (SSSR count). The van der Waals surface area contributed by atoms with Gasteiger partial charge in [-0.25, -0.2) is 4.79 Å². The Morgan fingerprint density at radius 1 is 1.22 bits per heavy atom. The second-order valence-electron chi connectivity index (χ2n) is 6.33. The van der Waals surface area contributed by atoms with Crippen LogP contribution in [0.25, 0.3) is 0 Å². The van der Waals surface area contributed by atoms with Gasteiger partial charge in [0.25, 0.3) is 0 Å². The Morgan fingerprint density at radius 3 is 2.78 bits per heavy atom. The summed E-state index contributed by atoms with van der Waals surface area (Å²) in [6, 6.07) is 11.7. The number of halogens is 1. The highest BCUT2D eigenvalue weighted by Crippen LogP contribution is 2.43. The number of phenols is 1. The van der Waals surface area contributed by atoms with Gasteiger partial charge in [0.05, 0.1) is 24.1 Å². The number of esters is 1. The third-order valence-corrected chi connectivity index (χ3v) is 5.02. The second-order valence-corrected chi connectivity index (χ2v) is 6.77. The Labute approximate surface area is 160 Å². The van der Waals surface area contributed by atoms with Crippen molar-refractivity contribution in [3.63, 3.8) is 0 Å². The zero-order chi connectivity index (χ0) is 19.1. The molecule has 2 heterocycles. The fraction of sp³-hybridized carbons (Fsp3) is 0.200. The van der Waals surface area contributed by atoms with Crippen molar-refractivity contribution in [1.29, 1.82) is 0 Å². The lowest BCUT2D eigenvalue weighted by Gasteiger charge is -2.32. The predicted octanol–water partition coefficient (Wildman–Crippen LogP) is 3.39. The summed E-state index contributed by atoms with van der Waals surface area (Å²) in [6.45, 7) is 0.0259. The fourth-order valence-corrected chi connectivity index (χ4v) is 3.75. The molecule has 1 amide bonds. The van der Waals surface area contributed by atoms with Crippen LogP contribution in [0.1, 0.15) is 17.9 Å². The maximum atomic E-state index is 13.0. The zero-order valence-corrected chi connectivity index (χ0v) is 15.2. The normalized spacial score (nSPS) is 19.2. The van der Waals surface area contributed by atoms with Gasteiger partial charge < -0.3 is 14.6 Å². The first-order valence-corrected chi connectivity index (χ1v) is 8.73. The number of aromatic hydroxyl groups is 1. The predicted molar refractivity (Wildman–Crippen MR) is 98.9 cm³/mol. The first-order valence-electron chi connectivity index (χ1n) is 8.35. The molecule has 7 heteroatoms. The van der Waals surface area contributed by atoms with Gasteiger partial charge in [-0.05, 0) is 35.9 Å². The van der Waals surface area contributed by atoms with Gasteiger partial charge >= 0.3 is 5.97 Å². The van der Waals surface area contributed by atoms with Gasteiger partial charge in [-0.3, -0.25) is 9.69 Å². The van der Waals surface area contributed by atoms with Gasteiger partial charge in [0.1, 0.15) is 6.61 Å². The van der Waals surface area contributed by atoms with Gasteiger partial charge in [-0.15, -0.1) is 0 Å². The van der Waals surface area contributed by atoms with Crippen molar-refractivity contribution in [2.24, 2.45) is 0 Å². The summed E-state index contributed by atoms with van der Waals surface area (Å²) in [7, 11) is 1.44. The highest BCUT2D eigenvalue weighted by atomic mass is 35.5. The molecule has 0 bridgehead atoms. The van der Waals surface area contributed by atoms with Crippen LogP contribution in [-0.4, -0.2) is 30.7 Å². The molecule has 2 aliphatic rings. The van der Waals surface area contributed by atoms with Gasteiger partial charge in [-0.1, -0.05) is 23.7 Å². The standard InChI is InChI=1S/C20H16ClNO5/c1-26-17-7-11(5-6-16(17)23)14-9-18(24)22(13-4-2-3-12(21)8-13)15-10-27-20(25)19(14)15/h2-8,14,23H,9-10H2,1H3/t14-/m0/s1. The number of carbonyl (C=O) groups excluding carboxylic acids is 2. The molecular formula is C20H16ClNO5. The number of ether oxygens (including phenoxy) is 2. The van der Waals surface area contributed by atoms with Crippen LogP contribution >= 0.6 is 11.6 Å². The molecule has 0 radical (unpaired) electrons. The summed E-state index contributed by atoms with van der Waals surface area (Å²) in [5.41, 5.74) is 2.27. The highest BCUT2D eigenvalue weighted by molar-refractivity contribution is 6.31. The molecule has 0 aliphatic carbocycles. The monoisotopic (exact) mass is 385 g/mol. The Bertz CT molecular complexity index is 984. The van der Waals surface area contributed by atoms with Crippen LogP contribution < -0.4 is 9.64 Å². The van der Waals surface area contributed by atoms with Gasteiger partial charge in [0.15, 0.2) is 11.5 Å². The second kappa shape index (κ2) is 6.63. The quantitative estimate of drug-likeness (QED) is 0.819. The maximum Gasteiger partial charge on any atom is 0.336 e. The van der Waals surface area contributed by atoms with Crippen molar-refractivity contribution in [1.82, 2.24) is 0 Å². The molecule has 6 nitrogen and oxygen atoms in total. The number of cyclic esters (lactones) is 1. The molecule has 27 heavy (non-hydrogen) atoms. The van der Waals surface area contributed by atoms with Crippen molar-refractivity contribution in [3.8, 4) is 11.5 Å². The number of amides is 1. The van der Waals surface area contributed by atoms with E-state index in [9.17, 15) is 14.7 Å². The smallest absolute Gasteiger partial charge is 0.336 e. The summed E-state index contributed by atoms with van der Waals surface area (Å²) in [6.07, 6.45) is 0.0916. The molecule has 0 unspecified atom stereocenters. The molecule has 0 saturated carbocycles. The molecule has 2 aliphatic heterocycles. The van der Waals surface area contributed by atoms with E-state index in [-0.39, 0.29) is 30.4 Å². The van der Waals surface area contributed by atoms with Gasteiger partial charge in [0, 0.05) is 17.4 Å². The minimum absolute atomic E-state index is 0.00728. The molecular weight excluding hydrogens is 370 g/mol. The third kappa shape index (κ3) is 2.92. The molecule has 0 fully saturated rings. The average Bonchev–Trinajstić information content (AvgIpc) is 3.03. The lowest BCUT2D eigenvalue weighted by molar-refractivity contribution is -0.136. The minimum atomic E-state index is -0.465. The van der Waals surface area contributed by atoms with Gasteiger partial charge in [-0.2, -0.15) is 0 Å². The lowest BCUT2D eigenvalue weighted by Crippen LogP contribution is -2.37. The van der Waals surface area contributed by atoms with E-state index >= 15 is 0 Å². The highest BCUT2D eigenvalue weighted by Gasteiger charge is 2.43. The van der Waals surface area contributed by atoms with Crippen molar-refractivity contribution >= 4 is 29.2 Å². The Hall–Kier alpha value is -2.99. The van der Waals surface area contributed by atoms with Crippen LogP contribution in [-0.2, 0) is 14.3 Å². The molecule has 1 atom stereocenters. The van der Waals surface area contributed by atoms with Crippen LogP contribution in [0.4, 0.5) is 5.69 Å². The summed E-state index contributed by atoms with van der Waals surface area (Å²) in [4.78, 5) is 26.9. The first-order chi connectivity index (χ1) is 13.0. The van der Waals surface area contributed by atoms with Crippen molar-refractivity contribution in [3.05, 3.63) is 64.3 Å². The number of phenolic OH excluding ortho intramolecular Hbond substituents is 1. The molecule has 0 saturated heterocycles. The number of hydrogen-bond donors (Lipinski definition) is 1. The first kappa shape index (κ1) is 17.4. The van der Waals surface area contributed by atoms with E-state index in [1.807, 2.05) is 0 Å². The Kier molecular flexibility index (Phi) is 4.28. The van der Waals surface area contributed by atoms with E-state index in [1.54, 1.807) is 36.4 Å². The van der Waals surface area contributed by atoms with E-state index < -0.39 is 11.9 Å². The van der Waals surface area contributed by atoms with E-state index in [0.29, 0.717) is 27.5 Å². The largest absolute Gasteiger partial charge is 0.504 e. The van der Waals surface area contributed by atoms with E-state index in [2.05, 4.69) is 0 Å². The summed E-state index contributed by atoms with van der Waals surface area (Å²) >= 11 is 6.07. The van der Waals surface area contributed by atoms with Gasteiger partial charge in [0.2, 0.25) is 5.91 Å². The summed E-state index contributed by atoms with van der Waals surface area (Å²) in [5.74, 6) is -0.793. The SMILES string of the molecule is COc1cc([C@@H]2CC(=O)N(c3cccc(Cl)c3)C3=C2C(=O)OC3)ccc1O. The molecule has 1 N–H and O–H groups in total. The molecule has 2 aromatic rings. The summed E-state index contributed by atoms with van der Waals surface area (Å²) < 4.78 is 10.4. The van der Waals surface area contributed by atoms with Crippen molar-refractivity contribution in [2.75, 3.05) is 18.6 Å². The molecule has 2 aromatic carbocycles. The van der Waals surface area contributed by atoms with Crippen LogP contribution in [0, 0.1) is 0 Å². The van der Waals surface area contributed by atoms with Crippen molar-refractivity contribution < 1.29 is 24.2 Å². The lowest BCUT2D eigenvalue weighted by atomic mass is 9.84. The maximum absolute atomic E-state index is 13.0. The number of rotatable bonds is 3. The van der Waals surface area contributed by atoms with Crippen LogP contribution in [0.3, 0.4) is 0 Å². The minimum Gasteiger partial charge on any atom is -0.504 e. The fourth-order valence-electron chi connectivity index (χ4n) is 3.56. The van der Waals surface area contributed by atoms with Crippen LogP contribution in [0.5, 0.6) is 11.5 Å². The Balaban J connectivity index is 1.83. The zero-order valence-electron chi connectivity index (χ0n) is 14.4. The van der Waals surface area contributed by atoms with Crippen LogP contribution in [0.2, 0.25) is 5.02 Å². The van der Waals surface area contributed by atoms with Crippen molar-refractivity contribution in [2.45, 2.75) is 12.3 Å². The average molecular weight is 386 g/mol.